The molecule has 1 aromatic rings. The summed E-state index contributed by atoms with van der Waals surface area (Å²) < 4.78 is 32.6. The molecule has 0 radical (unpaired) electrons. The molecule has 17 heavy (non-hydrogen) atoms. The van der Waals surface area contributed by atoms with Gasteiger partial charge in [0.2, 0.25) is 0 Å². The largest absolute Gasteiger partial charge is 0.508 e. The number of aryl methyl sites for hydroxylation is 1. The number of nitrogens with one attached hydrogen (secondary N) is 2. The second-order valence-electron chi connectivity index (χ2n) is 3.49. The van der Waals surface area contributed by atoms with E-state index in [2.05, 4.69) is 9.44 Å². The van der Waals surface area contributed by atoms with Crippen LogP contribution in [0, 0.1) is 6.92 Å². The van der Waals surface area contributed by atoms with E-state index in [4.69, 9.17) is 4.74 Å². The van der Waals surface area contributed by atoms with E-state index in [0.29, 0.717) is 17.9 Å². The van der Waals surface area contributed by atoms with Crippen molar-refractivity contribution in [3.8, 4) is 5.75 Å². The summed E-state index contributed by atoms with van der Waals surface area (Å²) in [6, 6.07) is 4.40. The highest BCUT2D eigenvalue weighted by Crippen LogP contribution is 2.20. The number of benzene rings is 1. The van der Waals surface area contributed by atoms with Crippen LogP contribution in [0.2, 0.25) is 0 Å². The molecule has 0 spiro atoms. The molecule has 0 saturated heterocycles. The van der Waals surface area contributed by atoms with Crippen LogP contribution in [0.15, 0.2) is 18.2 Å². The lowest BCUT2D eigenvalue weighted by molar-refractivity contribution is 0.204. The van der Waals surface area contributed by atoms with Gasteiger partial charge in [0, 0.05) is 13.7 Å². The van der Waals surface area contributed by atoms with Gasteiger partial charge in [-0.05, 0) is 30.7 Å². The molecule has 0 aliphatic carbocycles. The Hall–Kier alpha value is -1.31. The van der Waals surface area contributed by atoms with Crippen LogP contribution in [0.1, 0.15) is 5.56 Å². The Kier molecular flexibility index (Phi) is 4.73. The molecule has 0 bridgehead atoms. The van der Waals surface area contributed by atoms with E-state index in [9.17, 15) is 13.5 Å². The highest BCUT2D eigenvalue weighted by molar-refractivity contribution is 7.90. The van der Waals surface area contributed by atoms with E-state index in [-0.39, 0.29) is 12.3 Å². The van der Waals surface area contributed by atoms with E-state index in [1.807, 2.05) is 0 Å². The van der Waals surface area contributed by atoms with Crippen molar-refractivity contribution in [2.75, 3.05) is 25.0 Å². The van der Waals surface area contributed by atoms with Gasteiger partial charge >= 0.3 is 0 Å². The SMILES string of the molecule is COCCNS(=O)(=O)Nc1ccc(O)cc1C. The van der Waals surface area contributed by atoms with Gasteiger partial charge in [-0.2, -0.15) is 13.1 Å². The van der Waals surface area contributed by atoms with Gasteiger partial charge in [-0.1, -0.05) is 0 Å². The van der Waals surface area contributed by atoms with Crippen molar-refractivity contribution in [1.82, 2.24) is 4.72 Å². The number of hydrogen-bond donors (Lipinski definition) is 3. The number of ether oxygens (including phenoxy) is 1. The number of phenolic OH excluding ortho intramolecular Hbond substituents is 1. The maximum absolute atomic E-state index is 11.6. The van der Waals surface area contributed by atoms with Crippen LogP contribution in [0.5, 0.6) is 5.75 Å². The van der Waals surface area contributed by atoms with Crippen molar-refractivity contribution >= 4 is 15.9 Å². The van der Waals surface area contributed by atoms with Crippen molar-refractivity contribution in [2.45, 2.75) is 6.92 Å². The summed E-state index contributed by atoms with van der Waals surface area (Å²) >= 11 is 0. The first-order valence-electron chi connectivity index (χ1n) is 5.00. The van der Waals surface area contributed by atoms with Crippen molar-refractivity contribution in [3.05, 3.63) is 23.8 Å². The summed E-state index contributed by atoms with van der Waals surface area (Å²) in [7, 11) is -2.11. The average molecular weight is 260 g/mol. The van der Waals surface area contributed by atoms with E-state index in [1.165, 1.54) is 25.3 Å². The van der Waals surface area contributed by atoms with Crippen LogP contribution < -0.4 is 9.44 Å². The fourth-order valence-electron chi connectivity index (χ4n) is 1.22. The van der Waals surface area contributed by atoms with Crippen molar-refractivity contribution in [1.29, 1.82) is 0 Å². The number of rotatable bonds is 6. The molecule has 1 rings (SSSR count). The Morgan fingerprint density at radius 1 is 1.41 bits per heavy atom. The van der Waals surface area contributed by atoms with Crippen molar-refractivity contribution in [3.63, 3.8) is 0 Å². The molecule has 0 aliphatic heterocycles. The number of anilines is 1. The molecular weight excluding hydrogens is 244 g/mol. The van der Waals surface area contributed by atoms with E-state index < -0.39 is 10.2 Å². The van der Waals surface area contributed by atoms with Crippen LogP contribution in [0.3, 0.4) is 0 Å². The predicted octanol–water partition coefficient (Wildman–Crippen LogP) is 0.593. The van der Waals surface area contributed by atoms with Gasteiger partial charge in [-0.3, -0.25) is 4.72 Å². The average Bonchev–Trinajstić information content (AvgIpc) is 2.22. The fraction of sp³-hybridized carbons (Fsp3) is 0.400. The third-order valence-electron chi connectivity index (χ3n) is 2.05. The monoisotopic (exact) mass is 260 g/mol. The second kappa shape index (κ2) is 5.85. The first-order valence-corrected chi connectivity index (χ1v) is 6.49. The van der Waals surface area contributed by atoms with Crippen LogP contribution in [0.4, 0.5) is 5.69 Å². The molecule has 96 valence electrons. The van der Waals surface area contributed by atoms with Gasteiger partial charge in [0.25, 0.3) is 10.2 Å². The van der Waals surface area contributed by atoms with Gasteiger partial charge in [-0.25, -0.2) is 0 Å². The molecule has 6 nitrogen and oxygen atoms in total. The van der Waals surface area contributed by atoms with Crippen LogP contribution in [-0.2, 0) is 14.9 Å². The molecular formula is C10H16N2O4S. The van der Waals surface area contributed by atoms with Gasteiger partial charge in [0.05, 0.1) is 12.3 Å². The summed E-state index contributed by atoms with van der Waals surface area (Å²) in [5.74, 6) is 0.0952. The lowest BCUT2D eigenvalue weighted by Crippen LogP contribution is -2.32. The van der Waals surface area contributed by atoms with Crippen LogP contribution in [-0.4, -0.2) is 33.8 Å². The summed E-state index contributed by atoms with van der Waals surface area (Å²) in [5.41, 5.74) is 1.06. The topological polar surface area (TPSA) is 87.7 Å². The Balaban J connectivity index is 2.69. The molecule has 0 atom stereocenters. The molecule has 0 fully saturated rings. The molecule has 7 heteroatoms. The Labute approximate surface area is 101 Å². The summed E-state index contributed by atoms with van der Waals surface area (Å²) in [6.45, 7) is 2.20. The smallest absolute Gasteiger partial charge is 0.299 e. The molecule has 0 amide bonds. The zero-order chi connectivity index (χ0) is 12.9. The molecule has 1 aromatic carbocycles. The first-order chi connectivity index (χ1) is 7.94. The standard InChI is InChI=1S/C10H16N2O4S/c1-8-7-9(13)3-4-10(8)12-17(14,15)11-5-6-16-2/h3-4,7,11-13H,5-6H2,1-2H3. The number of hydrogen-bond acceptors (Lipinski definition) is 4. The van der Waals surface area contributed by atoms with Gasteiger partial charge in [-0.15, -0.1) is 0 Å². The molecule has 3 N–H and O–H groups in total. The maximum atomic E-state index is 11.6. The Morgan fingerprint density at radius 3 is 2.71 bits per heavy atom. The zero-order valence-corrected chi connectivity index (χ0v) is 10.5. The Bertz CT molecular complexity index is 473. The molecule has 0 aromatic heterocycles. The Morgan fingerprint density at radius 2 is 2.12 bits per heavy atom. The lowest BCUT2D eigenvalue weighted by Gasteiger charge is -2.11. The summed E-state index contributed by atoms with van der Waals surface area (Å²) in [4.78, 5) is 0. The van der Waals surface area contributed by atoms with Gasteiger partial charge < -0.3 is 9.84 Å². The summed E-state index contributed by atoms with van der Waals surface area (Å²) in [5, 5.41) is 9.20. The summed E-state index contributed by atoms with van der Waals surface area (Å²) in [6.07, 6.45) is 0. The second-order valence-corrected chi connectivity index (χ2v) is 4.99. The number of phenols is 1. The number of aromatic hydroxyl groups is 1. The minimum Gasteiger partial charge on any atom is -0.508 e. The first kappa shape index (κ1) is 13.8. The van der Waals surface area contributed by atoms with E-state index >= 15 is 0 Å². The van der Waals surface area contributed by atoms with E-state index in [0.717, 1.165) is 0 Å². The lowest BCUT2D eigenvalue weighted by atomic mass is 10.2. The quantitative estimate of drug-likeness (QED) is 0.516. The fourth-order valence-corrected chi connectivity index (χ4v) is 2.16. The maximum Gasteiger partial charge on any atom is 0.299 e. The van der Waals surface area contributed by atoms with Crippen molar-refractivity contribution < 1.29 is 18.3 Å². The highest BCUT2D eigenvalue weighted by Gasteiger charge is 2.10. The third-order valence-corrected chi connectivity index (χ3v) is 3.13. The number of methoxy groups -OCH3 is 1. The normalized spacial score (nSPS) is 11.4. The molecule has 0 saturated carbocycles. The van der Waals surface area contributed by atoms with E-state index in [1.54, 1.807) is 6.92 Å². The molecule has 0 unspecified atom stereocenters. The predicted molar refractivity (Wildman–Crippen MR) is 65.3 cm³/mol. The van der Waals surface area contributed by atoms with Gasteiger partial charge in [0.1, 0.15) is 5.75 Å². The highest BCUT2D eigenvalue weighted by atomic mass is 32.2. The van der Waals surface area contributed by atoms with Crippen LogP contribution in [0.25, 0.3) is 0 Å². The minimum atomic E-state index is -3.60. The molecule has 0 heterocycles. The van der Waals surface area contributed by atoms with Crippen LogP contribution >= 0.6 is 0 Å². The zero-order valence-electron chi connectivity index (χ0n) is 9.73. The molecule has 0 aliphatic rings. The minimum absolute atomic E-state index is 0.0952. The van der Waals surface area contributed by atoms with Gasteiger partial charge in [0.15, 0.2) is 0 Å². The van der Waals surface area contributed by atoms with Crippen molar-refractivity contribution in [2.24, 2.45) is 0 Å². The third kappa shape index (κ3) is 4.59.